The highest BCUT2D eigenvalue weighted by Gasteiger charge is 2.22. The van der Waals surface area contributed by atoms with Gasteiger partial charge in [-0.2, -0.15) is 15.2 Å². The van der Waals surface area contributed by atoms with Gasteiger partial charge in [-0.25, -0.2) is 4.98 Å². The number of anilines is 4. The van der Waals surface area contributed by atoms with E-state index in [0.29, 0.717) is 24.5 Å². The highest BCUT2D eigenvalue weighted by Crippen LogP contribution is 2.33. The maximum Gasteiger partial charge on any atom is 0.329 e. The maximum atomic E-state index is 10.9. The van der Waals surface area contributed by atoms with Crippen molar-refractivity contribution in [3.8, 4) is 0 Å². The van der Waals surface area contributed by atoms with Gasteiger partial charge in [0.05, 0.1) is 28.7 Å². The minimum absolute atomic E-state index is 0.203. The maximum absolute atomic E-state index is 10.9. The van der Waals surface area contributed by atoms with Gasteiger partial charge in [0.15, 0.2) is 0 Å². The number of aryl methyl sites for hydroxylation is 2. The average molecular weight is 343 g/mol. The van der Waals surface area contributed by atoms with E-state index >= 15 is 0 Å². The molecule has 0 radical (unpaired) electrons. The Morgan fingerprint density at radius 2 is 1.68 bits per heavy atom. The van der Waals surface area contributed by atoms with Crippen LogP contribution >= 0.6 is 0 Å². The zero-order valence-corrected chi connectivity index (χ0v) is 13.8. The third-order valence-electron chi connectivity index (χ3n) is 3.59. The van der Waals surface area contributed by atoms with Crippen LogP contribution in [0.5, 0.6) is 0 Å². The lowest BCUT2D eigenvalue weighted by Crippen LogP contribution is -2.14. The molecule has 3 heterocycles. The SMILES string of the molecule is CCn1cc(N(c2cnn(CC)c2)c2ncc([N+](=O)[O-])c(N)n2)cn1. The predicted octanol–water partition coefficient (Wildman–Crippen LogP) is 1.87. The number of aromatic nitrogens is 6. The van der Waals surface area contributed by atoms with Gasteiger partial charge in [0.1, 0.15) is 6.20 Å². The second-order valence-corrected chi connectivity index (χ2v) is 5.14. The van der Waals surface area contributed by atoms with Crippen molar-refractivity contribution in [2.24, 2.45) is 0 Å². The van der Waals surface area contributed by atoms with E-state index < -0.39 is 4.92 Å². The van der Waals surface area contributed by atoms with E-state index in [9.17, 15) is 10.1 Å². The van der Waals surface area contributed by atoms with Gasteiger partial charge < -0.3 is 5.73 Å². The van der Waals surface area contributed by atoms with Crippen molar-refractivity contribution < 1.29 is 4.92 Å². The fourth-order valence-corrected chi connectivity index (χ4v) is 2.29. The molecule has 0 unspecified atom stereocenters. The summed E-state index contributed by atoms with van der Waals surface area (Å²) < 4.78 is 3.50. The third kappa shape index (κ3) is 3.11. The van der Waals surface area contributed by atoms with Crippen molar-refractivity contribution in [1.29, 1.82) is 0 Å². The van der Waals surface area contributed by atoms with E-state index in [1.165, 1.54) is 0 Å². The average Bonchev–Trinajstić information content (AvgIpc) is 3.24. The summed E-state index contributed by atoms with van der Waals surface area (Å²) in [6.07, 6.45) is 8.06. The highest BCUT2D eigenvalue weighted by molar-refractivity contribution is 5.72. The molecule has 130 valence electrons. The van der Waals surface area contributed by atoms with Crippen molar-refractivity contribution in [1.82, 2.24) is 29.5 Å². The summed E-state index contributed by atoms with van der Waals surface area (Å²) in [4.78, 5) is 20.2. The second kappa shape index (κ2) is 6.55. The molecule has 25 heavy (non-hydrogen) atoms. The van der Waals surface area contributed by atoms with Crippen LogP contribution in [0.4, 0.5) is 28.8 Å². The van der Waals surface area contributed by atoms with Crippen LogP contribution in [0.1, 0.15) is 13.8 Å². The normalized spacial score (nSPS) is 10.8. The number of hydrogen-bond acceptors (Lipinski definition) is 8. The number of hydrogen-bond donors (Lipinski definition) is 1. The van der Waals surface area contributed by atoms with Gasteiger partial charge in [-0.3, -0.25) is 24.4 Å². The summed E-state index contributed by atoms with van der Waals surface area (Å²) in [7, 11) is 0. The monoisotopic (exact) mass is 343 g/mol. The molecular weight excluding hydrogens is 326 g/mol. The van der Waals surface area contributed by atoms with E-state index in [-0.39, 0.29) is 17.5 Å². The van der Waals surface area contributed by atoms with E-state index in [2.05, 4.69) is 20.2 Å². The van der Waals surface area contributed by atoms with Crippen LogP contribution in [0, 0.1) is 10.1 Å². The Morgan fingerprint density at radius 1 is 1.12 bits per heavy atom. The standard InChI is InChI=1S/C14H17N9O2/c1-3-20-8-10(5-17-20)22(11-6-18-21(4-2)9-11)14-16-7-12(23(24)25)13(15)19-14/h5-9H,3-4H2,1-2H3,(H2,15,16,19). The van der Waals surface area contributed by atoms with Gasteiger partial charge in [0.25, 0.3) is 0 Å². The van der Waals surface area contributed by atoms with Crippen LogP contribution < -0.4 is 10.6 Å². The van der Waals surface area contributed by atoms with Crippen LogP contribution in [-0.2, 0) is 13.1 Å². The lowest BCUT2D eigenvalue weighted by atomic mass is 10.4. The van der Waals surface area contributed by atoms with E-state index in [1.54, 1.807) is 26.7 Å². The van der Waals surface area contributed by atoms with Crippen LogP contribution in [0.15, 0.2) is 31.0 Å². The van der Waals surface area contributed by atoms with Gasteiger partial charge in [-0.1, -0.05) is 0 Å². The van der Waals surface area contributed by atoms with Crippen LogP contribution in [0.25, 0.3) is 0 Å². The molecule has 0 saturated heterocycles. The molecule has 2 N–H and O–H groups in total. The quantitative estimate of drug-likeness (QED) is 0.529. The fourth-order valence-electron chi connectivity index (χ4n) is 2.29. The number of nitrogens with zero attached hydrogens (tertiary/aromatic N) is 8. The summed E-state index contributed by atoms with van der Waals surface area (Å²) >= 11 is 0. The predicted molar refractivity (Wildman–Crippen MR) is 90.7 cm³/mol. The summed E-state index contributed by atoms with van der Waals surface area (Å²) in [6, 6.07) is 0. The molecule has 3 aromatic rings. The molecule has 3 aromatic heterocycles. The van der Waals surface area contributed by atoms with Crippen molar-refractivity contribution in [2.45, 2.75) is 26.9 Å². The first-order chi connectivity index (χ1) is 12.0. The first kappa shape index (κ1) is 16.4. The Kier molecular flexibility index (Phi) is 4.29. The lowest BCUT2D eigenvalue weighted by molar-refractivity contribution is -0.384. The molecule has 0 aliphatic carbocycles. The van der Waals surface area contributed by atoms with E-state index in [1.807, 2.05) is 26.2 Å². The molecule has 0 aromatic carbocycles. The number of nitrogen functional groups attached to an aromatic ring is 1. The van der Waals surface area contributed by atoms with Crippen molar-refractivity contribution >= 4 is 28.8 Å². The van der Waals surface area contributed by atoms with Crippen LogP contribution in [0.3, 0.4) is 0 Å². The van der Waals surface area contributed by atoms with Crippen molar-refractivity contribution in [2.75, 3.05) is 10.6 Å². The van der Waals surface area contributed by atoms with Gasteiger partial charge in [-0.05, 0) is 13.8 Å². The molecule has 0 saturated carbocycles. The van der Waals surface area contributed by atoms with Gasteiger partial charge >= 0.3 is 5.69 Å². The van der Waals surface area contributed by atoms with Crippen molar-refractivity contribution in [3.63, 3.8) is 0 Å². The zero-order valence-electron chi connectivity index (χ0n) is 13.8. The second-order valence-electron chi connectivity index (χ2n) is 5.14. The van der Waals surface area contributed by atoms with E-state index in [4.69, 9.17) is 5.73 Å². The number of nitrogens with two attached hydrogens (primary N) is 1. The van der Waals surface area contributed by atoms with Crippen molar-refractivity contribution in [3.05, 3.63) is 41.1 Å². The minimum Gasteiger partial charge on any atom is -0.378 e. The highest BCUT2D eigenvalue weighted by atomic mass is 16.6. The zero-order chi connectivity index (χ0) is 18.0. The smallest absolute Gasteiger partial charge is 0.329 e. The van der Waals surface area contributed by atoms with Gasteiger partial charge in [0, 0.05) is 25.5 Å². The molecule has 11 heteroatoms. The Morgan fingerprint density at radius 3 is 2.08 bits per heavy atom. The molecule has 11 nitrogen and oxygen atoms in total. The van der Waals surface area contributed by atoms with Gasteiger partial charge in [0.2, 0.25) is 11.8 Å². The topological polar surface area (TPSA) is 134 Å². The minimum atomic E-state index is -0.617. The first-order valence-corrected chi connectivity index (χ1v) is 7.65. The first-order valence-electron chi connectivity index (χ1n) is 7.65. The Hall–Kier alpha value is -3.50. The summed E-state index contributed by atoms with van der Waals surface area (Å²) in [5.41, 5.74) is 6.78. The molecule has 0 fully saturated rings. The molecule has 0 bridgehead atoms. The fraction of sp³-hybridized carbons (Fsp3) is 0.286. The number of rotatable bonds is 6. The molecular formula is C14H17N9O2. The molecule has 0 amide bonds. The summed E-state index contributed by atoms with van der Waals surface area (Å²) in [5.74, 6) is 0.000160. The molecule has 0 aliphatic heterocycles. The summed E-state index contributed by atoms with van der Waals surface area (Å²) in [6.45, 7) is 5.34. The molecule has 0 spiro atoms. The number of nitro groups is 1. The lowest BCUT2D eigenvalue weighted by Gasteiger charge is -2.18. The summed E-state index contributed by atoms with van der Waals surface area (Å²) in [5, 5.41) is 19.4. The van der Waals surface area contributed by atoms with Crippen LogP contribution in [0.2, 0.25) is 0 Å². The van der Waals surface area contributed by atoms with Gasteiger partial charge in [-0.15, -0.1) is 0 Å². The Bertz CT molecular complexity index is 859. The van der Waals surface area contributed by atoms with Crippen LogP contribution in [-0.4, -0.2) is 34.5 Å². The Labute approximate surface area is 142 Å². The third-order valence-corrected chi connectivity index (χ3v) is 3.59. The van der Waals surface area contributed by atoms with E-state index in [0.717, 1.165) is 6.20 Å². The Balaban J connectivity index is 2.10. The molecule has 0 atom stereocenters. The molecule has 0 aliphatic rings. The molecule has 3 rings (SSSR count). The largest absolute Gasteiger partial charge is 0.378 e.